The maximum absolute atomic E-state index is 13.1. The molecule has 5 nitrogen and oxygen atoms in total. The molecule has 1 aliphatic rings. The van der Waals surface area contributed by atoms with Gasteiger partial charge in [0.25, 0.3) is 10.0 Å². The number of aromatic nitrogens is 2. The second-order valence-electron chi connectivity index (χ2n) is 5.36. The van der Waals surface area contributed by atoms with Gasteiger partial charge in [0.05, 0.1) is 34.0 Å². The van der Waals surface area contributed by atoms with Gasteiger partial charge >= 0.3 is 0 Å². The molecule has 0 fully saturated rings. The summed E-state index contributed by atoms with van der Waals surface area (Å²) in [6.07, 6.45) is 2.31. The molecule has 1 aliphatic heterocycles. The van der Waals surface area contributed by atoms with E-state index in [2.05, 4.69) is 8.75 Å². The number of rotatable bonds is 3. The fourth-order valence-corrected chi connectivity index (χ4v) is 6.59. The van der Waals surface area contributed by atoms with E-state index in [0.29, 0.717) is 23.0 Å². The summed E-state index contributed by atoms with van der Waals surface area (Å²) in [6, 6.07) is 10.6. The largest absolute Gasteiger partial charge is 0.253 e. The monoisotopic (exact) mass is 397 g/mol. The van der Waals surface area contributed by atoms with Crippen LogP contribution in [0.25, 0.3) is 0 Å². The second kappa shape index (κ2) is 6.20. The number of hydrogen-bond acceptors (Lipinski definition) is 6. The summed E-state index contributed by atoms with van der Waals surface area (Å²) in [5.41, 5.74) is 2.76. The standard InChI is InChI=1S/C15H12ClN3O2S3/c16-13-5-6-14(22-13)24(20,21)19-8-7-10-3-1-2-4-11(10)15(19)12-9-17-23-18-12/h1-6,9,15H,7-8H2. The maximum atomic E-state index is 13.1. The molecule has 9 heteroatoms. The first-order valence-electron chi connectivity index (χ1n) is 7.20. The Morgan fingerprint density at radius 2 is 2.04 bits per heavy atom. The molecule has 0 radical (unpaired) electrons. The van der Waals surface area contributed by atoms with Gasteiger partial charge in [0.1, 0.15) is 4.21 Å². The molecule has 0 saturated heterocycles. The number of fused-ring (bicyclic) bond motifs is 1. The lowest BCUT2D eigenvalue weighted by Crippen LogP contribution is -2.40. The number of halogens is 1. The van der Waals surface area contributed by atoms with Gasteiger partial charge in [0, 0.05) is 6.54 Å². The average Bonchev–Trinajstić information content (AvgIpc) is 3.25. The summed E-state index contributed by atoms with van der Waals surface area (Å²) in [5, 5.41) is 0. The molecule has 124 valence electrons. The number of benzene rings is 1. The SMILES string of the molecule is O=S(=O)(c1ccc(Cl)s1)N1CCc2ccccc2C1c1cnsn1. The van der Waals surface area contributed by atoms with E-state index in [4.69, 9.17) is 11.6 Å². The molecule has 1 aromatic carbocycles. The first-order chi connectivity index (χ1) is 11.6. The minimum absolute atomic E-state index is 0.250. The van der Waals surface area contributed by atoms with Crippen LogP contribution in [0.4, 0.5) is 0 Å². The van der Waals surface area contributed by atoms with Crippen LogP contribution in [0.1, 0.15) is 22.9 Å². The minimum atomic E-state index is -3.65. The molecular formula is C15H12ClN3O2S3. The topological polar surface area (TPSA) is 63.2 Å². The molecule has 3 heterocycles. The Labute approximate surface area is 152 Å². The van der Waals surface area contributed by atoms with E-state index < -0.39 is 16.1 Å². The zero-order chi connectivity index (χ0) is 16.7. The van der Waals surface area contributed by atoms with Gasteiger partial charge in [0.2, 0.25) is 0 Å². The van der Waals surface area contributed by atoms with Crippen molar-refractivity contribution in [1.82, 2.24) is 13.1 Å². The average molecular weight is 398 g/mol. The Hall–Kier alpha value is -1.32. The van der Waals surface area contributed by atoms with E-state index in [1.165, 1.54) is 4.31 Å². The zero-order valence-corrected chi connectivity index (χ0v) is 15.5. The third-order valence-corrected chi connectivity index (χ3v) is 8.06. The molecule has 0 spiro atoms. The first kappa shape index (κ1) is 16.2. The number of hydrogen-bond donors (Lipinski definition) is 0. The van der Waals surface area contributed by atoms with Gasteiger partial charge in [-0.15, -0.1) is 11.3 Å². The molecule has 3 aromatic rings. The quantitative estimate of drug-likeness (QED) is 0.677. The normalized spacial score (nSPS) is 18.5. The summed E-state index contributed by atoms with van der Waals surface area (Å²) >= 11 is 8.09. The maximum Gasteiger partial charge on any atom is 0.253 e. The van der Waals surface area contributed by atoms with Gasteiger partial charge in [-0.3, -0.25) is 0 Å². The Balaban J connectivity index is 1.86. The van der Waals surface area contributed by atoms with Crippen LogP contribution in [-0.4, -0.2) is 28.0 Å². The van der Waals surface area contributed by atoms with Crippen molar-refractivity contribution in [1.29, 1.82) is 0 Å². The fraction of sp³-hybridized carbons (Fsp3) is 0.200. The predicted molar refractivity (Wildman–Crippen MR) is 95.1 cm³/mol. The molecular weight excluding hydrogens is 386 g/mol. The van der Waals surface area contributed by atoms with E-state index in [9.17, 15) is 8.42 Å². The first-order valence-corrected chi connectivity index (χ1v) is 10.6. The van der Waals surface area contributed by atoms with E-state index >= 15 is 0 Å². The van der Waals surface area contributed by atoms with Crippen molar-refractivity contribution in [2.45, 2.75) is 16.7 Å². The highest BCUT2D eigenvalue weighted by atomic mass is 35.5. The van der Waals surface area contributed by atoms with Crippen LogP contribution in [0.15, 0.2) is 46.8 Å². The lowest BCUT2D eigenvalue weighted by molar-refractivity contribution is 0.341. The van der Waals surface area contributed by atoms with Crippen LogP contribution < -0.4 is 0 Å². The third kappa shape index (κ3) is 2.68. The van der Waals surface area contributed by atoms with Crippen LogP contribution in [0, 0.1) is 0 Å². The van der Waals surface area contributed by atoms with E-state index in [0.717, 1.165) is 34.2 Å². The summed E-state index contributed by atoms with van der Waals surface area (Å²) in [4.78, 5) is 0. The van der Waals surface area contributed by atoms with Gasteiger partial charge in [-0.1, -0.05) is 35.9 Å². The zero-order valence-electron chi connectivity index (χ0n) is 12.3. The highest BCUT2D eigenvalue weighted by molar-refractivity contribution is 7.91. The van der Waals surface area contributed by atoms with Crippen LogP contribution in [0.3, 0.4) is 0 Å². The van der Waals surface area contributed by atoms with Crippen molar-refractivity contribution in [3.05, 3.63) is 63.8 Å². The van der Waals surface area contributed by atoms with Gasteiger partial charge in [-0.2, -0.15) is 13.1 Å². The lowest BCUT2D eigenvalue weighted by atomic mass is 9.93. The molecule has 24 heavy (non-hydrogen) atoms. The molecule has 0 amide bonds. The van der Waals surface area contributed by atoms with Crippen LogP contribution in [0.5, 0.6) is 0 Å². The molecule has 1 atom stereocenters. The molecule has 2 aromatic heterocycles. The van der Waals surface area contributed by atoms with Gasteiger partial charge in [-0.25, -0.2) is 8.42 Å². The molecule has 0 bridgehead atoms. The second-order valence-corrected chi connectivity index (χ2v) is 9.75. The summed E-state index contributed by atoms with van der Waals surface area (Å²) in [6.45, 7) is 0.400. The van der Waals surface area contributed by atoms with E-state index in [-0.39, 0.29) is 4.21 Å². The van der Waals surface area contributed by atoms with Crippen molar-refractivity contribution in [3.8, 4) is 0 Å². The minimum Gasteiger partial charge on any atom is -0.206 e. The van der Waals surface area contributed by atoms with Crippen molar-refractivity contribution in [2.75, 3.05) is 6.54 Å². The molecule has 0 aliphatic carbocycles. The highest BCUT2D eigenvalue weighted by Crippen LogP contribution is 2.39. The fourth-order valence-electron chi connectivity index (χ4n) is 2.95. The van der Waals surface area contributed by atoms with Gasteiger partial charge < -0.3 is 0 Å². The summed E-state index contributed by atoms with van der Waals surface area (Å²) in [7, 11) is -3.65. The lowest BCUT2D eigenvalue weighted by Gasteiger charge is -2.34. The molecule has 0 saturated carbocycles. The summed E-state index contributed by atoms with van der Waals surface area (Å²) < 4.78 is 36.9. The number of nitrogens with zero attached hydrogens (tertiary/aromatic N) is 3. The van der Waals surface area contributed by atoms with Crippen LogP contribution in [0.2, 0.25) is 4.34 Å². The Morgan fingerprint density at radius 3 is 2.75 bits per heavy atom. The third-order valence-electron chi connectivity index (χ3n) is 4.01. The van der Waals surface area contributed by atoms with E-state index in [1.54, 1.807) is 18.3 Å². The van der Waals surface area contributed by atoms with E-state index in [1.807, 2.05) is 24.3 Å². The molecule has 0 N–H and O–H groups in total. The molecule has 1 unspecified atom stereocenters. The van der Waals surface area contributed by atoms with Crippen molar-refractivity contribution in [3.63, 3.8) is 0 Å². The van der Waals surface area contributed by atoms with Crippen LogP contribution in [-0.2, 0) is 16.4 Å². The van der Waals surface area contributed by atoms with Crippen molar-refractivity contribution >= 4 is 44.7 Å². The Bertz CT molecular complexity index is 970. The summed E-state index contributed by atoms with van der Waals surface area (Å²) in [5.74, 6) is 0. The van der Waals surface area contributed by atoms with Crippen molar-refractivity contribution < 1.29 is 8.42 Å². The Morgan fingerprint density at radius 1 is 1.21 bits per heavy atom. The number of sulfonamides is 1. The van der Waals surface area contributed by atoms with Gasteiger partial charge in [-0.05, 0) is 29.7 Å². The number of thiophene rings is 1. The predicted octanol–water partition coefficient (Wildman–Crippen LogP) is 3.59. The van der Waals surface area contributed by atoms with Gasteiger partial charge in [0.15, 0.2) is 0 Å². The smallest absolute Gasteiger partial charge is 0.206 e. The highest BCUT2D eigenvalue weighted by Gasteiger charge is 2.39. The molecule has 4 rings (SSSR count). The Kier molecular flexibility index (Phi) is 4.17. The van der Waals surface area contributed by atoms with Crippen molar-refractivity contribution in [2.24, 2.45) is 0 Å². The van der Waals surface area contributed by atoms with Crippen LogP contribution >= 0.6 is 34.7 Å².